The van der Waals surface area contributed by atoms with E-state index in [1.807, 2.05) is 12.1 Å². The summed E-state index contributed by atoms with van der Waals surface area (Å²) in [5.41, 5.74) is 0. The average Bonchev–Trinajstić information content (AvgIpc) is 2.16. The maximum absolute atomic E-state index is 10.9. The molecule has 0 bridgehead atoms. The third-order valence-electron chi connectivity index (χ3n) is 2.13. The minimum absolute atomic E-state index is 0.114. The van der Waals surface area contributed by atoms with E-state index in [0.29, 0.717) is 10.3 Å². The van der Waals surface area contributed by atoms with Crippen LogP contribution < -0.4 is 0 Å². The summed E-state index contributed by atoms with van der Waals surface area (Å²) >= 11 is 4.22. The van der Waals surface area contributed by atoms with Gasteiger partial charge in [0.05, 0.1) is 4.90 Å². The average molecular weight is 240 g/mol. The van der Waals surface area contributed by atoms with Gasteiger partial charge in [0.1, 0.15) is 0 Å². The lowest BCUT2D eigenvalue weighted by molar-refractivity contribution is 0.483. The standard InChI is InChI=1S/C10H8O3S2/c11-15(12,13)8-5-4-7-2-1-3-10(14)9(7)6-8/h1-6,14H,(H,11,12,13). The van der Waals surface area contributed by atoms with Gasteiger partial charge in [-0.1, -0.05) is 18.2 Å². The van der Waals surface area contributed by atoms with Crippen molar-refractivity contribution in [1.82, 2.24) is 0 Å². The first kappa shape index (κ1) is 10.5. The van der Waals surface area contributed by atoms with Crippen molar-refractivity contribution in [3.63, 3.8) is 0 Å². The third-order valence-corrected chi connectivity index (χ3v) is 3.37. The summed E-state index contributed by atoms with van der Waals surface area (Å²) in [6, 6.07) is 9.86. The van der Waals surface area contributed by atoms with Gasteiger partial charge in [0.2, 0.25) is 0 Å². The molecule has 2 aromatic carbocycles. The van der Waals surface area contributed by atoms with Crippen molar-refractivity contribution in [2.45, 2.75) is 9.79 Å². The lowest BCUT2D eigenvalue weighted by Crippen LogP contribution is -1.97. The first-order chi connectivity index (χ1) is 6.98. The lowest BCUT2D eigenvalue weighted by atomic mass is 10.1. The van der Waals surface area contributed by atoms with E-state index in [4.69, 9.17) is 4.55 Å². The topological polar surface area (TPSA) is 54.4 Å². The van der Waals surface area contributed by atoms with E-state index in [-0.39, 0.29) is 4.90 Å². The van der Waals surface area contributed by atoms with Gasteiger partial charge in [0.25, 0.3) is 10.1 Å². The molecule has 0 saturated carbocycles. The molecule has 15 heavy (non-hydrogen) atoms. The van der Waals surface area contributed by atoms with E-state index in [1.54, 1.807) is 12.1 Å². The molecule has 0 amide bonds. The molecule has 0 fully saturated rings. The summed E-state index contributed by atoms with van der Waals surface area (Å²) in [7, 11) is -4.14. The van der Waals surface area contributed by atoms with Crippen LogP contribution in [0.25, 0.3) is 10.8 Å². The predicted octanol–water partition coefficient (Wildman–Crippen LogP) is 2.38. The molecule has 0 heterocycles. The van der Waals surface area contributed by atoms with Crippen LogP contribution in [0.1, 0.15) is 0 Å². The van der Waals surface area contributed by atoms with Crippen LogP contribution in [-0.4, -0.2) is 13.0 Å². The molecule has 0 atom stereocenters. The van der Waals surface area contributed by atoms with Crippen LogP contribution in [0.4, 0.5) is 0 Å². The van der Waals surface area contributed by atoms with Gasteiger partial charge >= 0.3 is 0 Å². The van der Waals surface area contributed by atoms with Crippen molar-refractivity contribution < 1.29 is 13.0 Å². The van der Waals surface area contributed by atoms with Crippen molar-refractivity contribution in [3.8, 4) is 0 Å². The maximum atomic E-state index is 10.9. The molecule has 0 aliphatic rings. The second-order valence-electron chi connectivity index (χ2n) is 3.14. The molecule has 3 nitrogen and oxygen atoms in total. The number of fused-ring (bicyclic) bond motifs is 1. The van der Waals surface area contributed by atoms with Gasteiger partial charge in [-0.25, -0.2) is 0 Å². The number of thiol groups is 1. The summed E-state index contributed by atoms with van der Waals surface area (Å²) in [6.45, 7) is 0. The third kappa shape index (κ3) is 1.99. The Hall–Kier alpha value is -1.04. The number of benzene rings is 2. The molecular formula is C10H8O3S2. The summed E-state index contributed by atoms with van der Waals surface area (Å²) in [4.78, 5) is 0.564. The van der Waals surface area contributed by atoms with Crippen molar-refractivity contribution in [1.29, 1.82) is 0 Å². The molecule has 2 aromatic rings. The fourth-order valence-corrected chi connectivity index (χ4v) is 2.18. The fourth-order valence-electron chi connectivity index (χ4n) is 1.40. The van der Waals surface area contributed by atoms with Gasteiger partial charge in [0, 0.05) is 4.90 Å². The minimum atomic E-state index is -4.14. The zero-order chi connectivity index (χ0) is 11.1. The highest BCUT2D eigenvalue weighted by atomic mass is 32.2. The summed E-state index contributed by atoms with van der Waals surface area (Å²) < 4.78 is 30.7. The molecule has 78 valence electrons. The van der Waals surface area contributed by atoms with Gasteiger partial charge in [-0.2, -0.15) is 8.42 Å². The summed E-state index contributed by atoms with van der Waals surface area (Å²) in [5.74, 6) is 0. The van der Waals surface area contributed by atoms with Crippen molar-refractivity contribution in [2.75, 3.05) is 0 Å². The molecule has 0 unspecified atom stereocenters. The Bertz CT molecular complexity index is 618. The second kappa shape index (κ2) is 3.52. The number of rotatable bonds is 1. The minimum Gasteiger partial charge on any atom is -0.282 e. The molecule has 0 aliphatic heterocycles. The predicted molar refractivity (Wildman–Crippen MR) is 61.0 cm³/mol. The van der Waals surface area contributed by atoms with Gasteiger partial charge in [-0.05, 0) is 29.0 Å². The van der Waals surface area contributed by atoms with Gasteiger partial charge < -0.3 is 0 Å². The van der Waals surface area contributed by atoms with Crippen molar-refractivity contribution in [2.24, 2.45) is 0 Å². The number of hydrogen-bond acceptors (Lipinski definition) is 3. The Morgan fingerprint density at radius 2 is 1.87 bits per heavy atom. The van der Waals surface area contributed by atoms with Gasteiger partial charge in [-0.3, -0.25) is 4.55 Å². The SMILES string of the molecule is O=S(=O)(O)c1ccc2cccc(S)c2c1. The first-order valence-corrected chi connectivity index (χ1v) is 6.06. The zero-order valence-electron chi connectivity index (χ0n) is 7.58. The van der Waals surface area contributed by atoms with E-state index in [9.17, 15) is 8.42 Å². The van der Waals surface area contributed by atoms with Crippen LogP contribution in [0.15, 0.2) is 46.2 Å². The van der Waals surface area contributed by atoms with E-state index >= 15 is 0 Å². The maximum Gasteiger partial charge on any atom is 0.294 e. The lowest BCUT2D eigenvalue weighted by Gasteiger charge is -2.02. The first-order valence-electron chi connectivity index (χ1n) is 4.18. The Morgan fingerprint density at radius 3 is 2.53 bits per heavy atom. The van der Waals surface area contributed by atoms with Crippen molar-refractivity contribution >= 4 is 33.5 Å². The summed E-state index contributed by atoms with van der Waals surface area (Å²) in [6.07, 6.45) is 0. The van der Waals surface area contributed by atoms with Crippen LogP contribution in [0.2, 0.25) is 0 Å². The largest absolute Gasteiger partial charge is 0.294 e. The summed E-state index contributed by atoms with van der Waals surface area (Å²) in [5, 5.41) is 1.59. The fraction of sp³-hybridized carbons (Fsp3) is 0. The Morgan fingerprint density at radius 1 is 1.13 bits per heavy atom. The molecule has 0 saturated heterocycles. The van der Waals surface area contributed by atoms with Crippen LogP contribution in [-0.2, 0) is 10.1 Å². The highest BCUT2D eigenvalue weighted by Crippen LogP contribution is 2.24. The molecule has 5 heteroatoms. The van der Waals surface area contributed by atoms with Crippen LogP contribution >= 0.6 is 12.6 Å². The molecule has 0 aliphatic carbocycles. The van der Waals surface area contributed by atoms with Crippen LogP contribution in [0, 0.1) is 0 Å². The Labute approximate surface area is 92.9 Å². The second-order valence-corrected chi connectivity index (χ2v) is 5.04. The van der Waals surface area contributed by atoms with Crippen molar-refractivity contribution in [3.05, 3.63) is 36.4 Å². The van der Waals surface area contributed by atoms with Gasteiger partial charge in [-0.15, -0.1) is 12.6 Å². The quantitative estimate of drug-likeness (QED) is 0.594. The highest BCUT2D eigenvalue weighted by molar-refractivity contribution is 7.85. The van der Waals surface area contributed by atoms with E-state index in [2.05, 4.69) is 12.6 Å². The Kier molecular flexibility index (Phi) is 2.46. The molecule has 1 N–H and O–H groups in total. The molecule has 0 aromatic heterocycles. The van der Waals surface area contributed by atoms with E-state index in [0.717, 1.165) is 5.39 Å². The molecular weight excluding hydrogens is 232 g/mol. The zero-order valence-corrected chi connectivity index (χ0v) is 9.29. The highest BCUT2D eigenvalue weighted by Gasteiger charge is 2.10. The van der Waals surface area contributed by atoms with E-state index < -0.39 is 10.1 Å². The van der Waals surface area contributed by atoms with Crippen LogP contribution in [0.5, 0.6) is 0 Å². The Balaban J connectivity index is 2.81. The van der Waals surface area contributed by atoms with Gasteiger partial charge in [0.15, 0.2) is 0 Å². The van der Waals surface area contributed by atoms with E-state index in [1.165, 1.54) is 12.1 Å². The number of hydrogen-bond donors (Lipinski definition) is 2. The molecule has 0 spiro atoms. The molecule has 0 radical (unpaired) electrons. The molecule has 2 rings (SSSR count). The monoisotopic (exact) mass is 240 g/mol. The smallest absolute Gasteiger partial charge is 0.282 e. The van der Waals surface area contributed by atoms with Crippen LogP contribution in [0.3, 0.4) is 0 Å². The normalized spacial score (nSPS) is 11.9.